The number of carbonyl (C=O) groups excluding carboxylic acids is 1. The number of fused-ring (bicyclic) bond motifs is 1. The van der Waals surface area contributed by atoms with Gasteiger partial charge in [-0.15, -0.1) is 0 Å². The molecule has 0 spiro atoms. The Bertz CT molecular complexity index is 1500. The highest BCUT2D eigenvalue weighted by Gasteiger charge is 2.29. The lowest BCUT2D eigenvalue weighted by molar-refractivity contribution is -0.127. The zero-order valence-electron chi connectivity index (χ0n) is 22.8. The van der Waals surface area contributed by atoms with E-state index >= 15 is 0 Å². The van der Waals surface area contributed by atoms with Gasteiger partial charge in [-0.25, -0.2) is 14.6 Å². The molecule has 3 heterocycles. The smallest absolute Gasteiger partial charge is 0.246 e. The molecular weight excluding hydrogens is 502 g/mol. The Kier molecular flexibility index (Phi) is 7.46. The summed E-state index contributed by atoms with van der Waals surface area (Å²) in [5.41, 5.74) is 8.66. The molecule has 2 aromatic heterocycles. The van der Waals surface area contributed by atoms with Crippen LogP contribution in [-0.4, -0.2) is 67.7 Å². The first-order chi connectivity index (χ1) is 19.6. The molecule has 1 aliphatic carbocycles. The number of nitrogens with two attached hydrogens (primary N) is 1. The molecule has 0 radical (unpaired) electrons. The lowest BCUT2D eigenvalue weighted by Crippen LogP contribution is -2.40. The van der Waals surface area contributed by atoms with Gasteiger partial charge in [-0.2, -0.15) is 5.10 Å². The normalized spacial score (nSPS) is 17.6. The summed E-state index contributed by atoms with van der Waals surface area (Å²) >= 11 is 0. The molecule has 0 bridgehead atoms. The number of hydrogen-bond donors (Lipinski definition) is 1. The average Bonchev–Trinajstić information content (AvgIpc) is 3.76. The van der Waals surface area contributed by atoms with Gasteiger partial charge in [0.15, 0.2) is 5.65 Å². The van der Waals surface area contributed by atoms with E-state index in [-0.39, 0.29) is 11.9 Å². The minimum Gasteiger partial charge on any atom is -0.457 e. The van der Waals surface area contributed by atoms with E-state index in [0.29, 0.717) is 24.1 Å². The van der Waals surface area contributed by atoms with Crippen LogP contribution in [0.2, 0.25) is 0 Å². The number of carbonyl (C=O) groups is 1. The number of aromatic nitrogens is 4. The molecule has 6 rings (SSSR count). The van der Waals surface area contributed by atoms with E-state index in [0.717, 1.165) is 60.6 Å². The van der Waals surface area contributed by atoms with Gasteiger partial charge in [0.1, 0.15) is 29.3 Å². The standard InChI is InChI=1S/C31H35N7O2/c1-2-36(23-14-15-23)18-7-11-27(39)37-19-6-8-24(20-37)38-31-28(30(32)33-21-34-31)29(35-38)22-12-16-26(17-13-22)40-25-9-4-3-5-10-25/h3-5,7,9-13,16-17,21,23-24H,2,6,8,14-15,18-20H2,1H3,(H2,32,33,34)/t24-/m1/s1. The van der Waals surface area contributed by atoms with Gasteiger partial charge in [-0.05, 0) is 68.6 Å². The molecule has 206 valence electrons. The number of ether oxygens (including phenoxy) is 1. The first-order valence-electron chi connectivity index (χ1n) is 14.1. The molecule has 4 aromatic rings. The number of hydrogen-bond acceptors (Lipinski definition) is 7. The summed E-state index contributed by atoms with van der Waals surface area (Å²) < 4.78 is 7.89. The van der Waals surface area contributed by atoms with Crippen molar-refractivity contribution in [2.75, 3.05) is 31.9 Å². The van der Waals surface area contributed by atoms with Gasteiger partial charge in [-0.3, -0.25) is 9.69 Å². The Morgan fingerprint density at radius 2 is 1.85 bits per heavy atom. The number of nitrogen functional groups attached to an aromatic ring is 1. The van der Waals surface area contributed by atoms with Gasteiger partial charge < -0.3 is 15.4 Å². The zero-order valence-corrected chi connectivity index (χ0v) is 22.8. The topological polar surface area (TPSA) is 102 Å². The van der Waals surface area contributed by atoms with Gasteiger partial charge in [0.05, 0.1) is 11.4 Å². The predicted octanol–water partition coefficient (Wildman–Crippen LogP) is 5.07. The minimum atomic E-state index is -0.00376. The molecule has 2 N–H and O–H groups in total. The number of anilines is 1. The number of benzene rings is 2. The van der Waals surface area contributed by atoms with Crippen molar-refractivity contribution in [1.82, 2.24) is 29.5 Å². The Morgan fingerprint density at radius 3 is 2.60 bits per heavy atom. The quantitative estimate of drug-likeness (QED) is 0.297. The largest absolute Gasteiger partial charge is 0.457 e. The van der Waals surface area contributed by atoms with E-state index in [1.165, 1.54) is 19.2 Å². The van der Waals surface area contributed by atoms with Gasteiger partial charge in [0.2, 0.25) is 5.91 Å². The summed E-state index contributed by atoms with van der Waals surface area (Å²) in [6.45, 7) is 5.33. The van der Waals surface area contributed by atoms with E-state index in [1.54, 1.807) is 6.08 Å². The molecule has 1 amide bonds. The SMILES string of the molecule is CCN(CC=CC(=O)N1CCC[C@@H](n2nc(-c3ccc(Oc4ccccc4)cc3)c3c(N)ncnc32)C1)C1CC1. The lowest BCUT2D eigenvalue weighted by Gasteiger charge is -2.32. The third-order valence-corrected chi connectivity index (χ3v) is 7.75. The number of nitrogens with zero attached hydrogens (tertiary/aromatic N) is 6. The average molecular weight is 538 g/mol. The zero-order chi connectivity index (χ0) is 27.5. The molecule has 0 unspecified atom stereocenters. The second-order valence-corrected chi connectivity index (χ2v) is 10.5. The summed E-state index contributed by atoms with van der Waals surface area (Å²) in [4.78, 5) is 26.2. The van der Waals surface area contributed by atoms with Crippen LogP contribution in [0.5, 0.6) is 11.5 Å². The van der Waals surface area contributed by atoms with Gasteiger partial charge in [0.25, 0.3) is 0 Å². The summed E-state index contributed by atoms with van der Waals surface area (Å²) in [5.74, 6) is 1.95. The third kappa shape index (κ3) is 5.56. The highest BCUT2D eigenvalue weighted by Crippen LogP contribution is 2.35. The number of rotatable bonds is 9. The number of para-hydroxylation sites is 1. The van der Waals surface area contributed by atoms with Crippen LogP contribution in [-0.2, 0) is 4.79 Å². The number of likely N-dealkylation sites (tertiary alicyclic amines) is 1. The van der Waals surface area contributed by atoms with Crippen molar-refractivity contribution in [2.45, 2.75) is 44.7 Å². The summed E-state index contributed by atoms with van der Waals surface area (Å²) in [5, 5.41) is 5.73. The van der Waals surface area contributed by atoms with Crippen molar-refractivity contribution in [2.24, 2.45) is 0 Å². The monoisotopic (exact) mass is 537 g/mol. The van der Waals surface area contributed by atoms with Crippen molar-refractivity contribution in [3.63, 3.8) is 0 Å². The maximum atomic E-state index is 13.1. The molecule has 1 aliphatic heterocycles. The molecule has 2 fully saturated rings. The Labute approximate surface area is 234 Å². The highest BCUT2D eigenvalue weighted by atomic mass is 16.5. The Morgan fingerprint density at radius 1 is 1.07 bits per heavy atom. The van der Waals surface area contributed by atoms with Crippen molar-refractivity contribution in [1.29, 1.82) is 0 Å². The number of amides is 1. The number of likely N-dealkylation sites (N-methyl/N-ethyl adjacent to an activating group) is 1. The molecule has 1 saturated carbocycles. The first kappa shape index (κ1) is 26.0. The Hall–Kier alpha value is -4.24. The molecular formula is C31H35N7O2. The van der Waals surface area contributed by atoms with Crippen LogP contribution in [0.1, 0.15) is 38.6 Å². The highest BCUT2D eigenvalue weighted by molar-refractivity contribution is 5.98. The van der Waals surface area contributed by atoms with Crippen molar-refractivity contribution >= 4 is 22.8 Å². The van der Waals surface area contributed by atoms with Gasteiger partial charge in [-0.1, -0.05) is 31.2 Å². The van der Waals surface area contributed by atoms with Crippen LogP contribution in [0.25, 0.3) is 22.3 Å². The van der Waals surface area contributed by atoms with Crippen LogP contribution in [0, 0.1) is 0 Å². The molecule has 9 heteroatoms. The van der Waals surface area contributed by atoms with Gasteiger partial charge in [0, 0.05) is 37.3 Å². The summed E-state index contributed by atoms with van der Waals surface area (Å²) in [7, 11) is 0. The second-order valence-electron chi connectivity index (χ2n) is 10.5. The van der Waals surface area contributed by atoms with Crippen LogP contribution in [0.3, 0.4) is 0 Å². The Balaban J connectivity index is 1.22. The maximum Gasteiger partial charge on any atom is 0.246 e. The summed E-state index contributed by atoms with van der Waals surface area (Å²) in [6, 6.07) is 18.1. The minimum absolute atomic E-state index is 0.00376. The van der Waals surface area contributed by atoms with E-state index in [2.05, 4.69) is 21.8 Å². The van der Waals surface area contributed by atoms with E-state index < -0.39 is 0 Å². The molecule has 9 nitrogen and oxygen atoms in total. The maximum absolute atomic E-state index is 13.1. The van der Waals surface area contributed by atoms with Crippen molar-refractivity contribution in [3.8, 4) is 22.8 Å². The van der Waals surface area contributed by atoms with Gasteiger partial charge >= 0.3 is 0 Å². The second kappa shape index (κ2) is 11.5. The van der Waals surface area contributed by atoms with Crippen LogP contribution in [0.4, 0.5) is 5.82 Å². The fourth-order valence-corrected chi connectivity index (χ4v) is 5.48. The number of piperidine rings is 1. The first-order valence-corrected chi connectivity index (χ1v) is 14.1. The predicted molar refractivity (Wildman–Crippen MR) is 156 cm³/mol. The molecule has 1 atom stereocenters. The van der Waals surface area contributed by atoms with E-state index in [4.69, 9.17) is 15.6 Å². The fraction of sp³-hybridized carbons (Fsp3) is 0.355. The van der Waals surface area contributed by atoms with Crippen molar-refractivity contribution in [3.05, 3.63) is 73.1 Å². The van der Waals surface area contributed by atoms with E-state index in [9.17, 15) is 4.79 Å². The fourth-order valence-electron chi connectivity index (χ4n) is 5.48. The van der Waals surface area contributed by atoms with Crippen LogP contribution >= 0.6 is 0 Å². The molecule has 40 heavy (non-hydrogen) atoms. The summed E-state index contributed by atoms with van der Waals surface area (Å²) in [6.07, 6.45) is 9.56. The van der Waals surface area contributed by atoms with Crippen LogP contribution in [0.15, 0.2) is 73.1 Å². The molecule has 2 aliphatic rings. The van der Waals surface area contributed by atoms with Crippen molar-refractivity contribution < 1.29 is 9.53 Å². The third-order valence-electron chi connectivity index (χ3n) is 7.75. The van der Waals surface area contributed by atoms with E-state index in [1.807, 2.05) is 70.3 Å². The molecule has 1 saturated heterocycles. The molecule has 2 aromatic carbocycles. The lowest BCUT2D eigenvalue weighted by atomic mass is 10.1. The van der Waals surface area contributed by atoms with Crippen LogP contribution < -0.4 is 10.5 Å².